The third kappa shape index (κ3) is 6.17. The van der Waals surface area contributed by atoms with Crippen molar-refractivity contribution in [3.05, 3.63) is 29.5 Å². The molecule has 1 unspecified atom stereocenters. The molecule has 10 nitrogen and oxygen atoms in total. The van der Waals surface area contributed by atoms with Crippen LogP contribution >= 0.6 is 7.60 Å². The molecule has 1 aromatic rings. The SMILES string of the molecule is CC(=O)N(NC(=O)P(=O)(OC(C)C)OC(C)C)c1ccc([NH+]([O-])O)cc1. The van der Waals surface area contributed by atoms with Gasteiger partial charge in [-0.3, -0.25) is 18.6 Å². The van der Waals surface area contributed by atoms with Gasteiger partial charge in [0.05, 0.1) is 17.9 Å². The summed E-state index contributed by atoms with van der Waals surface area (Å²) >= 11 is 0. The molecule has 146 valence electrons. The normalized spacial score (nSPS) is 13.0. The van der Waals surface area contributed by atoms with E-state index < -0.39 is 36.6 Å². The predicted octanol–water partition coefficient (Wildman–Crippen LogP) is 2.11. The standard InChI is InChI=1S/C15H24N3O7P/c1-10(2)24-26(23,25-11(3)4)15(20)16-17(12(5)19)13-6-8-14(9-7-13)18(21)22/h6-11,18,21H,1-5H3,(H,16,20). The quantitative estimate of drug-likeness (QED) is 0.480. The number of amides is 2. The average Bonchev–Trinajstić information content (AvgIpc) is 2.50. The predicted molar refractivity (Wildman–Crippen MR) is 94.0 cm³/mol. The largest absolute Gasteiger partial charge is 0.595 e. The maximum atomic E-state index is 12.8. The summed E-state index contributed by atoms with van der Waals surface area (Å²) in [4.78, 5) is 24.4. The number of anilines is 1. The lowest BCUT2D eigenvalue weighted by Gasteiger charge is -2.26. The Morgan fingerprint density at radius 2 is 1.62 bits per heavy atom. The van der Waals surface area contributed by atoms with Crippen molar-refractivity contribution in [3.63, 3.8) is 0 Å². The van der Waals surface area contributed by atoms with E-state index >= 15 is 0 Å². The van der Waals surface area contributed by atoms with Crippen molar-refractivity contribution in [2.45, 2.75) is 46.8 Å². The summed E-state index contributed by atoms with van der Waals surface area (Å²) in [6.45, 7) is 7.56. The van der Waals surface area contributed by atoms with E-state index in [1.807, 2.05) is 0 Å². The second-order valence-electron chi connectivity index (χ2n) is 5.93. The van der Waals surface area contributed by atoms with Gasteiger partial charge in [0.2, 0.25) is 5.91 Å². The van der Waals surface area contributed by atoms with Crippen molar-refractivity contribution in [1.82, 2.24) is 5.43 Å². The summed E-state index contributed by atoms with van der Waals surface area (Å²) in [5, 5.41) is 19.5. The second-order valence-corrected chi connectivity index (χ2v) is 7.75. The van der Waals surface area contributed by atoms with Gasteiger partial charge < -0.3 is 5.21 Å². The van der Waals surface area contributed by atoms with Crippen LogP contribution in [-0.2, 0) is 18.4 Å². The maximum absolute atomic E-state index is 12.8. The number of hydrogen-bond donors (Lipinski definition) is 3. The van der Waals surface area contributed by atoms with Gasteiger partial charge in [0.25, 0.3) is 0 Å². The van der Waals surface area contributed by atoms with E-state index in [-0.39, 0.29) is 11.4 Å². The summed E-state index contributed by atoms with van der Waals surface area (Å²) in [5.74, 6) is -0.581. The van der Waals surface area contributed by atoms with Crippen molar-refractivity contribution in [3.8, 4) is 0 Å². The van der Waals surface area contributed by atoms with Gasteiger partial charge in [0.15, 0.2) is 5.69 Å². The zero-order valence-electron chi connectivity index (χ0n) is 15.3. The van der Waals surface area contributed by atoms with Crippen molar-refractivity contribution in [2.24, 2.45) is 0 Å². The summed E-state index contributed by atoms with van der Waals surface area (Å²) in [6.07, 6.45) is -1.10. The summed E-state index contributed by atoms with van der Waals surface area (Å²) < 4.78 is 23.2. The molecule has 3 N–H and O–H groups in total. The molecule has 1 rings (SSSR count). The molecule has 26 heavy (non-hydrogen) atoms. The van der Waals surface area contributed by atoms with Crippen LogP contribution in [0.2, 0.25) is 0 Å². The highest BCUT2D eigenvalue weighted by molar-refractivity contribution is 7.71. The number of hydrogen-bond acceptors (Lipinski definition) is 7. The average molecular weight is 389 g/mol. The van der Waals surface area contributed by atoms with Crippen LogP contribution in [0.4, 0.5) is 16.2 Å². The number of carbonyl (C=O) groups excluding carboxylic acids is 2. The van der Waals surface area contributed by atoms with E-state index in [1.54, 1.807) is 27.7 Å². The maximum Gasteiger partial charge on any atom is 0.420 e. The Morgan fingerprint density at radius 3 is 1.96 bits per heavy atom. The highest BCUT2D eigenvalue weighted by atomic mass is 31.2. The molecule has 0 aliphatic heterocycles. The number of nitrogens with one attached hydrogen (secondary N) is 2. The Balaban J connectivity index is 3.09. The number of quaternary nitrogens is 1. The van der Waals surface area contributed by atoms with Crippen LogP contribution in [0.3, 0.4) is 0 Å². The summed E-state index contributed by atoms with van der Waals surface area (Å²) in [6, 6.07) is 5.22. The van der Waals surface area contributed by atoms with Crippen LogP contribution in [0.15, 0.2) is 24.3 Å². The minimum absolute atomic E-state index is 0.0144. The van der Waals surface area contributed by atoms with Crippen molar-refractivity contribution >= 4 is 30.5 Å². The molecule has 0 bridgehead atoms. The van der Waals surface area contributed by atoms with Gasteiger partial charge in [-0.25, -0.2) is 20.2 Å². The second kappa shape index (κ2) is 9.22. The lowest BCUT2D eigenvalue weighted by molar-refractivity contribution is -0.991. The molecule has 0 heterocycles. The van der Waals surface area contributed by atoms with Gasteiger partial charge in [0.1, 0.15) is 0 Å². The Bertz CT molecular complexity index is 662. The van der Waals surface area contributed by atoms with E-state index in [0.717, 1.165) is 5.01 Å². The van der Waals surface area contributed by atoms with Crippen molar-refractivity contribution in [2.75, 3.05) is 5.01 Å². The molecule has 0 radical (unpaired) electrons. The number of nitrogens with zero attached hydrogens (tertiary/aromatic N) is 1. The molecular formula is C15H24N3O7P. The van der Waals surface area contributed by atoms with Gasteiger partial charge in [0, 0.05) is 19.1 Å². The van der Waals surface area contributed by atoms with E-state index in [4.69, 9.17) is 14.3 Å². The Hall–Kier alpha value is -1.81. The van der Waals surface area contributed by atoms with Gasteiger partial charge in [-0.15, -0.1) is 0 Å². The molecule has 0 aromatic heterocycles. The number of benzene rings is 1. The Morgan fingerprint density at radius 1 is 1.15 bits per heavy atom. The topological polar surface area (TPSA) is 133 Å². The fourth-order valence-corrected chi connectivity index (χ4v) is 3.48. The molecule has 0 saturated carbocycles. The zero-order chi connectivity index (χ0) is 20.1. The molecule has 0 aliphatic rings. The Labute approximate surface area is 151 Å². The molecule has 0 fully saturated rings. The van der Waals surface area contributed by atoms with E-state index in [0.29, 0.717) is 0 Å². The molecule has 0 saturated heterocycles. The number of rotatable bonds is 7. The smallest absolute Gasteiger partial charge is 0.420 e. The molecule has 0 spiro atoms. The highest BCUT2D eigenvalue weighted by Crippen LogP contribution is 2.51. The first-order chi connectivity index (χ1) is 12.0. The zero-order valence-corrected chi connectivity index (χ0v) is 16.1. The van der Waals surface area contributed by atoms with E-state index in [1.165, 1.54) is 31.2 Å². The van der Waals surface area contributed by atoms with E-state index in [9.17, 15) is 19.4 Å². The van der Waals surface area contributed by atoms with Gasteiger partial charge in [-0.2, -0.15) is 5.23 Å². The molecule has 2 amide bonds. The van der Waals surface area contributed by atoms with Crippen molar-refractivity contribution < 1.29 is 33.6 Å². The van der Waals surface area contributed by atoms with Crippen LogP contribution in [0.25, 0.3) is 0 Å². The highest BCUT2D eigenvalue weighted by Gasteiger charge is 2.39. The molecule has 0 aliphatic carbocycles. The Kier molecular flexibility index (Phi) is 7.88. The van der Waals surface area contributed by atoms with Gasteiger partial charge in [-0.1, -0.05) is 0 Å². The first-order valence-electron chi connectivity index (χ1n) is 7.88. The van der Waals surface area contributed by atoms with Crippen LogP contribution < -0.4 is 15.7 Å². The van der Waals surface area contributed by atoms with Crippen LogP contribution in [-0.4, -0.2) is 29.0 Å². The first-order valence-corrected chi connectivity index (χ1v) is 9.42. The minimum atomic E-state index is -4.20. The minimum Gasteiger partial charge on any atom is -0.595 e. The molecular weight excluding hydrogens is 365 g/mol. The first kappa shape index (κ1) is 22.2. The van der Waals surface area contributed by atoms with Crippen LogP contribution in [0.1, 0.15) is 34.6 Å². The lowest BCUT2D eigenvalue weighted by atomic mass is 10.3. The number of carbonyl (C=O) groups is 2. The van der Waals surface area contributed by atoms with Crippen LogP contribution in [0.5, 0.6) is 0 Å². The fraction of sp³-hybridized carbons (Fsp3) is 0.467. The lowest BCUT2D eigenvalue weighted by Crippen LogP contribution is -2.99. The molecule has 11 heteroatoms. The van der Waals surface area contributed by atoms with Gasteiger partial charge >= 0.3 is 13.2 Å². The van der Waals surface area contributed by atoms with Gasteiger partial charge in [-0.05, 0) is 39.8 Å². The van der Waals surface area contributed by atoms with Crippen molar-refractivity contribution in [1.29, 1.82) is 0 Å². The number of hydrazine groups is 1. The summed E-state index contributed by atoms with van der Waals surface area (Å²) in [7, 11) is -4.20. The van der Waals surface area contributed by atoms with Crippen LogP contribution in [0, 0.1) is 5.21 Å². The third-order valence-electron chi connectivity index (χ3n) is 2.84. The summed E-state index contributed by atoms with van der Waals surface area (Å²) in [5.41, 5.74) is 1.32. The molecule has 1 atom stereocenters. The third-order valence-corrected chi connectivity index (χ3v) is 4.84. The monoisotopic (exact) mass is 389 g/mol. The fourth-order valence-electron chi connectivity index (χ4n) is 1.91. The van der Waals surface area contributed by atoms with E-state index in [2.05, 4.69) is 5.43 Å². The molecule has 1 aromatic carbocycles.